The van der Waals surface area contributed by atoms with Crippen LogP contribution in [0, 0.1) is 5.82 Å². The molecule has 0 aliphatic carbocycles. The molecule has 8 nitrogen and oxygen atoms in total. The van der Waals surface area contributed by atoms with Gasteiger partial charge >= 0.3 is 10.2 Å². The van der Waals surface area contributed by atoms with Crippen LogP contribution in [0.5, 0.6) is 0 Å². The van der Waals surface area contributed by atoms with Gasteiger partial charge in [0.05, 0.1) is 15.7 Å². The average molecular weight is 576 g/mol. The van der Waals surface area contributed by atoms with Gasteiger partial charge in [0.2, 0.25) is 11.8 Å². The van der Waals surface area contributed by atoms with E-state index in [4.69, 9.17) is 23.2 Å². The smallest absolute Gasteiger partial charge is 0.304 e. The van der Waals surface area contributed by atoms with Gasteiger partial charge in [0.1, 0.15) is 18.4 Å². The fourth-order valence-corrected chi connectivity index (χ4v) is 4.95. The Bertz CT molecular complexity index is 1240. The van der Waals surface area contributed by atoms with E-state index in [2.05, 4.69) is 5.32 Å². The van der Waals surface area contributed by atoms with Gasteiger partial charge in [-0.25, -0.2) is 8.70 Å². The molecule has 2 aromatic carbocycles. The van der Waals surface area contributed by atoms with E-state index in [0.29, 0.717) is 14.9 Å². The lowest BCUT2D eigenvalue weighted by atomic mass is 10.1. The summed E-state index contributed by atoms with van der Waals surface area (Å²) >= 11 is 12.2. The minimum atomic E-state index is -4.27. The molecule has 12 heteroatoms. The highest BCUT2D eigenvalue weighted by molar-refractivity contribution is 7.90. The molecule has 2 rings (SSSR count). The summed E-state index contributed by atoms with van der Waals surface area (Å²) in [6, 6.07) is 9.14. The van der Waals surface area contributed by atoms with Gasteiger partial charge in [-0.2, -0.15) is 12.7 Å². The van der Waals surface area contributed by atoms with Crippen LogP contribution in [0.2, 0.25) is 10.0 Å². The molecule has 2 amide bonds. The first-order chi connectivity index (χ1) is 17.1. The quantitative estimate of drug-likeness (QED) is 0.453. The zero-order valence-corrected chi connectivity index (χ0v) is 24.1. The zero-order chi connectivity index (χ0) is 28.1. The number of benzene rings is 2. The van der Waals surface area contributed by atoms with Gasteiger partial charge < -0.3 is 10.2 Å². The lowest BCUT2D eigenvalue weighted by Crippen LogP contribution is -2.55. The third-order valence-electron chi connectivity index (χ3n) is 5.36. The van der Waals surface area contributed by atoms with E-state index in [1.54, 1.807) is 25.1 Å². The molecule has 204 valence electrons. The summed E-state index contributed by atoms with van der Waals surface area (Å²) in [5, 5.41) is 3.46. The highest BCUT2D eigenvalue weighted by Gasteiger charge is 2.35. The van der Waals surface area contributed by atoms with Crippen molar-refractivity contribution < 1.29 is 22.4 Å². The van der Waals surface area contributed by atoms with E-state index in [9.17, 15) is 22.4 Å². The molecule has 0 radical (unpaired) electrons. The molecule has 0 saturated heterocycles. The SMILES string of the molecule is CC[C@H](C(=O)NC(C)(C)C)N(Cc1ccc(Cl)c(Cl)c1)C(=O)CN(c1ccccc1F)S(=O)(=O)N(C)C. The molecule has 0 fully saturated rings. The van der Waals surface area contributed by atoms with Crippen molar-refractivity contribution in [2.45, 2.75) is 52.2 Å². The summed E-state index contributed by atoms with van der Waals surface area (Å²) < 4.78 is 42.6. The van der Waals surface area contributed by atoms with Crippen molar-refractivity contribution in [2.24, 2.45) is 0 Å². The van der Waals surface area contributed by atoms with Crippen molar-refractivity contribution in [2.75, 3.05) is 24.9 Å². The number of rotatable bonds is 10. The highest BCUT2D eigenvalue weighted by Crippen LogP contribution is 2.26. The van der Waals surface area contributed by atoms with Crippen LogP contribution < -0.4 is 9.62 Å². The van der Waals surface area contributed by atoms with Gasteiger partial charge in [-0.15, -0.1) is 0 Å². The molecule has 0 heterocycles. The molecule has 37 heavy (non-hydrogen) atoms. The number of hydrogen-bond acceptors (Lipinski definition) is 4. The normalized spacial score (nSPS) is 12.8. The second-order valence-corrected chi connectivity index (χ2v) is 12.6. The minimum absolute atomic E-state index is 0.0566. The molecule has 0 saturated carbocycles. The average Bonchev–Trinajstić information content (AvgIpc) is 2.78. The molecule has 2 aromatic rings. The van der Waals surface area contributed by atoms with E-state index in [1.165, 1.54) is 37.2 Å². The second-order valence-electron chi connectivity index (χ2n) is 9.68. The molecule has 0 aliphatic rings. The first-order valence-corrected chi connectivity index (χ1v) is 13.7. The lowest BCUT2D eigenvalue weighted by Gasteiger charge is -2.35. The molecule has 1 N–H and O–H groups in total. The van der Waals surface area contributed by atoms with Crippen molar-refractivity contribution in [3.8, 4) is 0 Å². The number of nitrogens with one attached hydrogen (secondary N) is 1. The summed E-state index contributed by atoms with van der Waals surface area (Å²) in [5.41, 5.74) is -0.278. The van der Waals surface area contributed by atoms with Gasteiger partial charge in [-0.3, -0.25) is 9.59 Å². The molecule has 0 aromatic heterocycles. The van der Waals surface area contributed by atoms with E-state index in [-0.39, 0.29) is 23.7 Å². The Hall–Kier alpha value is -2.40. The molecular weight excluding hydrogens is 542 g/mol. The van der Waals surface area contributed by atoms with Crippen LogP contribution in [-0.2, 0) is 26.3 Å². The number of anilines is 1. The number of hydrogen-bond donors (Lipinski definition) is 1. The summed E-state index contributed by atoms with van der Waals surface area (Å²) in [5.74, 6) is -1.92. The lowest BCUT2D eigenvalue weighted by molar-refractivity contribution is -0.141. The number of amides is 2. The third kappa shape index (κ3) is 8.04. The number of nitrogens with zero attached hydrogens (tertiary/aromatic N) is 3. The van der Waals surface area contributed by atoms with Gasteiger partial charge in [0.25, 0.3) is 0 Å². The van der Waals surface area contributed by atoms with Crippen LogP contribution in [0.3, 0.4) is 0 Å². The first-order valence-electron chi connectivity index (χ1n) is 11.6. The Morgan fingerprint density at radius 3 is 2.19 bits per heavy atom. The number of carbonyl (C=O) groups excluding carboxylic acids is 2. The van der Waals surface area contributed by atoms with E-state index < -0.39 is 46.0 Å². The predicted molar refractivity (Wildman–Crippen MR) is 145 cm³/mol. The Balaban J connectivity index is 2.56. The van der Waals surface area contributed by atoms with Crippen LogP contribution in [0.1, 0.15) is 39.7 Å². The van der Waals surface area contributed by atoms with Crippen LogP contribution in [0.25, 0.3) is 0 Å². The fraction of sp³-hybridized carbons (Fsp3) is 0.440. The van der Waals surface area contributed by atoms with Gasteiger partial charge in [0, 0.05) is 26.2 Å². The van der Waals surface area contributed by atoms with Crippen LogP contribution in [-0.4, -0.2) is 61.7 Å². The molecule has 0 bridgehead atoms. The highest BCUT2D eigenvalue weighted by atomic mass is 35.5. The summed E-state index contributed by atoms with van der Waals surface area (Å²) in [6.45, 7) is 6.39. The second kappa shape index (κ2) is 12.4. The Morgan fingerprint density at radius 1 is 1.05 bits per heavy atom. The molecule has 0 spiro atoms. The Labute approximate surface area is 228 Å². The molecule has 1 atom stereocenters. The standard InChI is InChI=1S/C25H33Cl2FN4O4S/c1-7-21(24(34)29-25(2,3)4)31(15-17-12-13-18(26)19(27)14-17)23(33)16-32(37(35,36)30(5)6)22-11-9-8-10-20(22)28/h8-14,21H,7,15-16H2,1-6H3,(H,29,34)/t21-/m1/s1. The van der Waals surface area contributed by atoms with Crippen LogP contribution in [0.4, 0.5) is 10.1 Å². The van der Waals surface area contributed by atoms with Crippen LogP contribution in [0.15, 0.2) is 42.5 Å². The number of carbonyl (C=O) groups is 2. The van der Waals surface area contributed by atoms with E-state index >= 15 is 0 Å². The van der Waals surface area contributed by atoms with Crippen molar-refractivity contribution in [1.29, 1.82) is 0 Å². The van der Waals surface area contributed by atoms with Gasteiger partial charge in [-0.05, 0) is 57.0 Å². The minimum Gasteiger partial charge on any atom is -0.350 e. The Kier molecular flexibility index (Phi) is 10.4. The van der Waals surface area contributed by atoms with Gasteiger partial charge in [-0.1, -0.05) is 48.3 Å². The molecular formula is C25H33Cl2FN4O4S. The fourth-order valence-electron chi connectivity index (χ4n) is 3.56. The summed E-state index contributed by atoms with van der Waals surface area (Å²) in [4.78, 5) is 28.3. The predicted octanol–water partition coefficient (Wildman–Crippen LogP) is 4.47. The Morgan fingerprint density at radius 2 is 1.68 bits per heavy atom. The largest absolute Gasteiger partial charge is 0.350 e. The van der Waals surface area contributed by atoms with Crippen molar-refractivity contribution in [1.82, 2.24) is 14.5 Å². The summed E-state index contributed by atoms with van der Waals surface area (Å²) in [6.07, 6.45) is 0.245. The topological polar surface area (TPSA) is 90.0 Å². The molecule has 0 unspecified atom stereocenters. The number of para-hydroxylation sites is 1. The van der Waals surface area contributed by atoms with Crippen molar-refractivity contribution in [3.63, 3.8) is 0 Å². The maximum atomic E-state index is 14.7. The van der Waals surface area contributed by atoms with E-state index in [1.807, 2.05) is 20.8 Å². The first kappa shape index (κ1) is 30.8. The monoisotopic (exact) mass is 574 g/mol. The van der Waals surface area contributed by atoms with Gasteiger partial charge in [0.15, 0.2) is 0 Å². The van der Waals surface area contributed by atoms with Crippen LogP contribution >= 0.6 is 23.2 Å². The maximum Gasteiger partial charge on any atom is 0.304 e. The van der Waals surface area contributed by atoms with Crippen molar-refractivity contribution >= 4 is 50.9 Å². The zero-order valence-electron chi connectivity index (χ0n) is 21.8. The maximum absolute atomic E-state index is 14.7. The van der Waals surface area contributed by atoms with Crippen molar-refractivity contribution in [3.05, 3.63) is 63.9 Å². The molecule has 0 aliphatic heterocycles. The number of halogens is 3. The van der Waals surface area contributed by atoms with E-state index in [0.717, 1.165) is 10.4 Å². The summed E-state index contributed by atoms with van der Waals surface area (Å²) in [7, 11) is -1.70. The third-order valence-corrected chi connectivity index (χ3v) is 7.91.